The van der Waals surface area contributed by atoms with Crippen LogP contribution < -0.4 is 14.8 Å². The standard InChI is InChI=1S/C23H20ClN3O4S/c1-13-19-21(27-16-10-17(29-2)15(24)9-18(16)30-3)25-12-26-22(19)32-20(13)23(28)31-11-14-7-5-4-6-8-14/h4-10,12H,11H2,1-3H3,(H,25,26,27). The molecular weight excluding hydrogens is 450 g/mol. The van der Waals surface area contributed by atoms with E-state index in [1.807, 2.05) is 37.3 Å². The number of halogens is 1. The van der Waals surface area contributed by atoms with Gasteiger partial charge in [-0.1, -0.05) is 41.9 Å². The molecule has 4 aromatic rings. The molecule has 2 heterocycles. The van der Waals surface area contributed by atoms with E-state index in [1.165, 1.54) is 24.8 Å². The Kier molecular flexibility index (Phi) is 6.43. The highest BCUT2D eigenvalue weighted by molar-refractivity contribution is 7.20. The minimum Gasteiger partial charge on any atom is -0.495 e. The Morgan fingerprint density at radius 2 is 1.84 bits per heavy atom. The molecule has 0 radical (unpaired) electrons. The molecule has 0 unspecified atom stereocenters. The summed E-state index contributed by atoms with van der Waals surface area (Å²) in [4.78, 5) is 22.7. The van der Waals surface area contributed by atoms with E-state index in [0.717, 1.165) is 16.5 Å². The molecule has 0 spiro atoms. The molecule has 9 heteroatoms. The first-order valence-electron chi connectivity index (χ1n) is 9.65. The highest BCUT2D eigenvalue weighted by atomic mass is 35.5. The van der Waals surface area contributed by atoms with Crippen molar-refractivity contribution in [2.75, 3.05) is 19.5 Å². The second-order valence-electron chi connectivity index (χ2n) is 6.83. The first kappa shape index (κ1) is 21.9. The zero-order chi connectivity index (χ0) is 22.7. The summed E-state index contributed by atoms with van der Waals surface area (Å²) in [6.07, 6.45) is 1.44. The summed E-state index contributed by atoms with van der Waals surface area (Å²) in [5, 5.41) is 4.42. The fourth-order valence-corrected chi connectivity index (χ4v) is 4.51. The van der Waals surface area contributed by atoms with Crippen molar-refractivity contribution in [3.63, 3.8) is 0 Å². The van der Waals surface area contributed by atoms with Crippen LogP contribution in [0.4, 0.5) is 11.5 Å². The van der Waals surface area contributed by atoms with Crippen molar-refractivity contribution in [1.29, 1.82) is 0 Å². The molecule has 0 amide bonds. The lowest BCUT2D eigenvalue weighted by Gasteiger charge is -2.14. The van der Waals surface area contributed by atoms with Crippen molar-refractivity contribution in [2.24, 2.45) is 0 Å². The lowest BCUT2D eigenvalue weighted by molar-refractivity contribution is 0.0478. The number of aryl methyl sites for hydroxylation is 1. The lowest BCUT2D eigenvalue weighted by Crippen LogP contribution is -2.04. The Morgan fingerprint density at radius 1 is 1.09 bits per heavy atom. The Bertz CT molecular complexity index is 1280. The van der Waals surface area contributed by atoms with Gasteiger partial charge >= 0.3 is 5.97 Å². The van der Waals surface area contributed by atoms with Gasteiger partial charge in [-0.15, -0.1) is 11.3 Å². The third-order valence-electron chi connectivity index (χ3n) is 4.85. The van der Waals surface area contributed by atoms with Crippen LogP contribution in [0.1, 0.15) is 20.8 Å². The van der Waals surface area contributed by atoms with Crippen LogP contribution in [0.15, 0.2) is 48.8 Å². The number of nitrogens with one attached hydrogen (secondary N) is 1. The summed E-state index contributed by atoms with van der Waals surface area (Å²) < 4.78 is 16.3. The fourth-order valence-electron chi connectivity index (χ4n) is 3.24. The first-order chi connectivity index (χ1) is 15.5. The van der Waals surface area contributed by atoms with E-state index in [2.05, 4.69) is 15.3 Å². The average Bonchev–Trinajstić information content (AvgIpc) is 3.16. The number of aromatic nitrogens is 2. The first-order valence-corrected chi connectivity index (χ1v) is 10.8. The Hall–Kier alpha value is -3.36. The summed E-state index contributed by atoms with van der Waals surface area (Å²) in [5.74, 6) is 1.16. The molecule has 32 heavy (non-hydrogen) atoms. The molecule has 0 aliphatic heterocycles. The quantitative estimate of drug-likeness (QED) is 0.344. The number of thiophene rings is 1. The topological polar surface area (TPSA) is 82.6 Å². The Balaban J connectivity index is 1.66. The van der Waals surface area contributed by atoms with Crippen LogP contribution in [-0.4, -0.2) is 30.2 Å². The molecule has 0 bridgehead atoms. The van der Waals surface area contributed by atoms with E-state index in [4.69, 9.17) is 25.8 Å². The van der Waals surface area contributed by atoms with E-state index >= 15 is 0 Å². The number of ether oxygens (including phenoxy) is 3. The van der Waals surface area contributed by atoms with Crippen LogP contribution in [0.5, 0.6) is 11.5 Å². The number of hydrogen-bond acceptors (Lipinski definition) is 8. The number of methoxy groups -OCH3 is 2. The number of benzene rings is 2. The summed E-state index contributed by atoms with van der Waals surface area (Å²) in [5.41, 5.74) is 2.28. The zero-order valence-corrected chi connectivity index (χ0v) is 19.2. The molecule has 0 fully saturated rings. The molecular formula is C23H20ClN3O4S. The van der Waals surface area contributed by atoms with E-state index in [0.29, 0.717) is 37.7 Å². The van der Waals surface area contributed by atoms with Crippen LogP contribution in [-0.2, 0) is 11.3 Å². The van der Waals surface area contributed by atoms with Crippen molar-refractivity contribution in [1.82, 2.24) is 9.97 Å². The maximum absolute atomic E-state index is 12.8. The van der Waals surface area contributed by atoms with Gasteiger partial charge in [0.2, 0.25) is 0 Å². The average molecular weight is 470 g/mol. The van der Waals surface area contributed by atoms with Gasteiger partial charge in [0, 0.05) is 12.1 Å². The van der Waals surface area contributed by atoms with Gasteiger partial charge in [-0.05, 0) is 18.1 Å². The maximum atomic E-state index is 12.8. The van der Waals surface area contributed by atoms with Gasteiger partial charge in [0.05, 0.1) is 30.3 Å². The molecule has 0 atom stereocenters. The number of anilines is 2. The predicted molar refractivity (Wildman–Crippen MR) is 126 cm³/mol. The molecule has 0 aliphatic carbocycles. The molecule has 0 saturated heterocycles. The minimum atomic E-state index is -0.397. The summed E-state index contributed by atoms with van der Waals surface area (Å²) >= 11 is 7.48. The van der Waals surface area contributed by atoms with Gasteiger partial charge in [0.15, 0.2) is 0 Å². The molecule has 0 saturated carbocycles. The van der Waals surface area contributed by atoms with Gasteiger partial charge < -0.3 is 19.5 Å². The molecule has 2 aromatic heterocycles. The summed E-state index contributed by atoms with van der Waals surface area (Å²) in [7, 11) is 3.09. The number of carbonyl (C=O) groups excluding carboxylic acids is 1. The van der Waals surface area contributed by atoms with Crippen LogP contribution in [0, 0.1) is 6.92 Å². The van der Waals surface area contributed by atoms with Crippen molar-refractivity contribution >= 4 is 50.6 Å². The second-order valence-corrected chi connectivity index (χ2v) is 8.24. The second kappa shape index (κ2) is 9.42. The zero-order valence-electron chi connectivity index (χ0n) is 17.6. The minimum absolute atomic E-state index is 0.200. The smallest absolute Gasteiger partial charge is 0.349 e. The number of carbonyl (C=O) groups is 1. The van der Waals surface area contributed by atoms with Crippen molar-refractivity contribution in [2.45, 2.75) is 13.5 Å². The predicted octanol–water partition coefficient (Wildman–Crippen LogP) is 5.77. The van der Waals surface area contributed by atoms with Crippen molar-refractivity contribution in [3.8, 4) is 11.5 Å². The van der Waals surface area contributed by atoms with E-state index in [-0.39, 0.29) is 6.61 Å². The Labute approximate surface area is 193 Å². The van der Waals surface area contributed by atoms with Gasteiger partial charge in [0.1, 0.15) is 40.0 Å². The SMILES string of the molecule is COc1cc(Nc2ncnc3sc(C(=O)OCc4ccccc4)c(C)c23)c(OC)cc1Cl. The van der Waals surface area contributed by atoms with Gasteiger partial charge in [0.25, 0.3) is 0 Å². The number of hydrogen-bond donors (Lipinski definition) is 1. The molecule has 0 aliphatic rings. The van der Waals surface area contributed by atoms with Crippen molar-refractivity contribution in [3.05, 3.63) is 69.8 Å². The van der Waals surface area contributed by atoms with Crippen LogP contribution in [0.25, 0.3) is 10.2 Å². The van der Waals surface area contributed by atoms with Crippen molar-refractivity contribution < 1.29 is 19.0 Å². The molecule has 1 N–H and O–H groups in total. The normalized spacial score (nSPS) is 10.8. The van der Waals surface area contributed by atoms with Gasteiger partial charge in [-0.3, -0.25) is 0 Å². The highest BCUT2D eigenvalue weighted by Crippen LogP contribution is 2.40. The highest BCUT2D eigenvalue weighted by Gasteiger charge is 2.21. The third kappa shape index (κ3) is 4.32. The fraction of sp³-hybridized carbons (Fsp3) is 0.174. The number of esters is 1. The summed E-state index contributed by atoms with van der Waals surface area (Å²) in [6.45, 7) is 2.05. The van der Waals surface area contributed by atoms with E-state index in [1.54, 1.807) is 19.2 Å². The monoisotopic (exact) mass is 469 g/mol. The largest absolute Gasteiger partial charge is 0.495 e. The van der Waals surface area contributed by atoms with Gasteiger partial charge in [-0.25, -0.2) is 14.8 Å². The third-order valence-corrected chi connectivity index (χ3v) is 6.33. The number of fused-ring (bicyclic) bond motifs is 1. The van der Waals surface area contributed by atoms with Crippen LogP contribution in [0.3, 0.4) is 0 Å². The molecule has 4 rings (SSSR count). The Morgan fingerprint density at radius 3 is 2.56 bits per heavy atom. The molecule has 7 nitrogen and oxygen atoms in total. The van der Waals surface area contributed by atoms with Gasteiger partial charge in [-0.2, -0.15) is 0 Å². The number of nitrogens with zero attached hydrogens (tertiary/aromatic N) is 2. The van der Waals surface area contributed by atoms with E-state index in [9.17, 15) is 4.79 Å². The van der Waals surface area contributed by atoms with Crippen LogP contribution >= 0.6 is 22.9 Å². The molecule has 164 valence electrons. The lowest BCUT2D eigenvalue weighted by atomic mass is 10.2. The maximum Gasteiger partial charge on any atom is 0.349 e. The van der Waals surface area contributed by atoms with E-state index < -0.39 is 5.97 Å². The number of rotatable bonds is 7. The summed E-state index contributed by atoms with van der Waals surface area (Å²) in [6, 6.07) is 12.9. The van der Waals surface area contributed by atoms with Crippen LogP contribution in [0.2, 0.25) is 5.02 Å². The molecule has 2 aromatic carbocycles.